The van der Waals surface area contributed by atoms with E-state index in [-0.39, 0.29) is 0 Å². The van der Waals surface area contributed by atoms with Crippen molar-refractivity contribution in [1.29, 1.82) is 0 Å². The summed E-state index contributed by atoms with van der Waals surface area (Å²) in [4.78, 5) is 2.18. The number of nitrogens with zero attached hydrogens (tertiary/aromatic N) is 3. The van der Waals surface area contributed by atoms with Gasteiger partial charge in [-0.2, -0.15) is 5.10 Å². The molecule has 0 unspecified atom stereocenters. The van der Waals surface area contributed by atoms with Gasteiger partial charge in [-0.25, -0.2) is 0 Å². The number of hydrogen-bond acceptors (Lipinski definition) is 3. The van der Waals surface area contributed by atoms with E-state index in [2.05, 4.69) is 22.0 Å². The maximum Gasteiger partial charge on any atom is 0.151 e. The lowest BCUT2D eigenvalue weighted by molar-refractivity contribution is 0.718. The highest BCUT2D eigenvalue weighted by atomic mass is 35.5. The van der Waals surface area contributed by atoms with Gasteiger partial charge in [-0.15, -0.1) is 16.7 Å². The maximum atomic E-state index is 5.77. The molecule has 4 heteroatoms. The van der Waals surface area contributed by atoms with Gasteiger partial charge >= 0.3 is 0 Å². The molecule has 0 aliphatic carbocycles. The molecule has 0 N–H and O–H groups in total. The third-order valence-corrected chi connectivity index (χ3v) is 2.41. The van der Waals surface area contributed by atoms with E-state index < -0.39 is 0 Å². The Bertz CT molecular complexity index is 274. The Morgan fingerprint density at radius 1 is 1.27 bits per heavy atom. The minimum atomic E-state index is 0.624. The molecule has 1 aromatic rings. The molecule has 0 spiro atoms. The van der Waals surface area contributed by atoms with E-state index in [9.17, 15) is 0 Å². The second-order valence-corrected chi connectivity index (χ2v) is 3.94. The summed E-state index contributed by atoms with van der Waals surface area (Å²) in [5.74, 6) is 1.55. The van der Waals surface area contributed by atoms with Crippen molar-refractivity contribution < 1.29 is 0 Å². The van der Waals surface area contributed by atoms with Gasteiger partial charge in [-0.05, 0) is 25.5 Å². The first kappa shape index (κ1) is 12.2. The van der Waals surface area contributed by atoms with E-state index >= 15 is 0 Å². The highest BCUT2D eigenvalue weighted by Gasteiger charge is 2.06. The smallest absolute Gasteiger partial charge is 0.151 e. The van der Waals surface area contributed by atoms with E-state index in [0.717, 1.165) is 31.0 Å². The van der Waals surface area contributed by atoms with Gasteiger partial charge in [0, 0.05) is 19.0 Å². The van der Waals surface area contributed by atoms with Crippen molar-refractivity contribution in [2.45, 2.75) is 26.7 Å². The molecular formula is C11H18ClN3. The van der Waals surface area contributed by atoms with Crippen molar-refractivity contribution >= 4 is 17.4 Å². The van der Waals surface area contributed by atoms with Crippen molar-refractivity contribution in [1.82, 2.24) is 10.2 Å². The van der Waals surface area contributed by atoms with Crippen LogP contribution in [0.1, 0.15) is 25.5 Å². The molecular weight excluding hydrogens is 210 g/mol. The topological polar surface area (TPSA) is 29.0 Å². The third-order valence-electron chi connectivity index (χ3n) is 2.24. The van der Waals surface area contributed by atoms with Crippen LogP contribution < -0.4 is 4.90 Å². The van der Waals surface area contributed by atoms with Crippen LogP contribution in [0.5, 0.6) is 0 Å². The predicted molar refractivity (Wildman–Crippen MR) is 64.6 cm³/mol. The van der Waals surface area contributed by atoms with Crippen LogP contribution in [0.3, 0.4) is 0 Å². The number of alkyl halides is 1. The van der Waals surface area contributed by atoms with Crippen molar-refractivity contribution in [2.75, 3.05) is 23.9 Å². The molecule has 0 atom stereocenters. The van der Waals surface area contributed by atoms with Gasteiger partial charge in [-0.3, -0.25) is 0 Å². The molecule has 0 aromatic carbocycles. The van der Waals surface area contributed by atoms with Crippen LogP contribution >= 0.6 is 11.6 Å². The highest BCUT2D eigenvalue weighted by Crippen LogP contribution is 2.10. The molecule has 0 aliphatic rings. The van der Waals surface area contributed by atoms with Crippen LogP contribution in [0.15, 0.2) is 12.1 Å². The average molecular weight is 228 g/mol. The Morgan fingerprint density at radius 3 is 2.60 bits per heavy atom. The van der Waals surface area contributed by atoms with E-state index in [0.29, 0.717) is 5.88 Å². The number of aromatic nitrogens is 2. The number of aryl methyl sites for hydroxylation is 1. The molecule has 0 radical (unpaired) electrons. The van der Waals surface area contributed by atoms with E-state index in [1.165, 1.54) is 6.42 Å². The van der Waals surface area contributed by atoms with Gasteiger partial charge < -0.3 is 4.90 Å². The molecule has 3 nitrogen and oxygen atoms in total. The van der Waals surface area contributed by atoms with Crippen LogP contribution in [-0.2, 0) is 0 Å². The number of rotatable bonds is 6. The first-order valence-electron chi connectivity index (χ1n) is 5.39. The van der Waals surface area contributed by atoms with Crippen molar-refractivity contribution in [2.24, 2.45) is 0 Å². The first-order valence-corrected chi connectivity index (χ1v) is 5.92. The second-order valence-electron chi connectivity index (χ2n) is 3.56. The second kappa shape index (κ2) is 6.62. The maximum absolute atomic E-state index is 5.77. The van der Waals surface area contributed by atoms with Crippen molar-refractivity contribution in [3.05, 3.63) is 17.8 Å². The highest BCUT2D eigenvalue weighted by molar-refractivity contribution is 6.18. The molecule has 0 fully saturated rings. The summed E-state index contributed by atoms with van der Waals surface area (Å²) in [6.07, 6.45) is 2.34. The van der Waals surface area contributed by atoms with E-state index in [1.807, 2.05) is 19.1 Å². The lowest BCUT2D eigenvalue weighted by atomic mass is 10.3. The quantitative estimate of drug-likeness (QED) is 0.700. The van der Waals surface area contributed by atoms with Gasteiger partial charge in [0.15, 0.2) is 5.82 Å². The fraction of sp³-hybridized carbons (Fsp3) is 0.636. The number of hydrogen-bond donors (Lipinski definition) is 0. The Kier molecular flexibility index (Phi) is 5.40. The summed E-state index contributed by atoms with van der Waals surface area (Å²) in [7, 11) is 0. The van der Waals surface area contributed by atoms with Crippen molar-refractivity contribution in [3.8, 4) is 0 Å². The molecule has 84 valence electrons. The Hall–Kier alpha value is -0.830. The minimum Gasteiger partial charge on any atom is -0.354 e. The molecule has 1 rings (SSSR count). The molecule has 0 saturated carbocycles. The molecule has 1 aromatic heterocycles. The molecule has 0 amide bonds. The zero-order valence-corrected chi connectivity index (χ0v) is 10.2. The predicted octanol–water partition coefficient (Wildman–Crippen LogP) is 2.63. The molecule has 0 saturated heterocycles. The summed E-state index contributed by atoms with van der Waals surface area (Å²) < 4.78 is 0. The van der Waals surface area contributed by atoms with Gasteiger partial charge in [0.05, 0.1) is 5.69 Å². The van der Waals surface area contributed by atoms with Gasteiger partial charge in [0.2, 0.25) is 0 Å². The van der Waals surface area contributed by atoms with Crippen LogP contribution in [0.25, 0.3) is 0 Å². The van der Waals surface area contributed by atoms with Crippen LogP contribution in [0.4, 0.5) is 5.82 Å². The number of unbranched alkanes of at least 4 members (excludes halogenated alkanes) is 1. The summed E-state index contributed by atoms with van der Waals surface area (Å²) in [5.41, 5.74) is 0.945. The fourth-order valence-corrected chi connectivity index (χ4v) is 1.56. The Balaban J connectivity index is 2.65. The SMILES string of the molecule is CCCCN(CCCl)c1ccc(C)nn1. The monoisotopic (exact) mass is 227 g/mol. The summed E-state index contributed by atoms with van der Waals surface area (Å²) >= 11 is 5.77. The van der Waals surface area contributed by atoms with E-state index in [4.69, 9.17) is 11.6 Å². The standard InChI is InChI=1S/C11H18ClN3/c1-3-4-8-15(9-7-12)11-6-5-10(2)13-14-11/h5-6H,3-4,7-9H2,1-2H3. The molecule has 15 heavy (non-hydrogen) atoms. The molecule has 0 bridgehead atoms. The van der Waals surface area contributed by atoms with E-state index in [1.54, 1.807) is 0 Å². The zero-order chi connectivity index (χ0) is 11.1. The van der Waals surface area contributed by atoms with Gasteiger partial charge in [0.25, 0.3) is 0 Å². The fourth-order valence-electron chi connectivity index (χ4n) is 1.35. The lowest BCUT2D eigenvalue weighted by Gasteiger charge is -2.21. The number of anilines is 1. The summed E-state index contributed by atoms with van der Waals surface area (Å²) in [5, 5.41) is 8.22. The first-order chi connectivity index (χ1) is 7.27. The number of halogens is 1. The molecule has 0 aliphatic heterocycles. The van der Waals surface area contributed by atoms with Gasteiger partial charge in [0.1, 0.15) is 0 Å². The minimum absolute atomic E-state index is 0.624. The average Bonchev–Trinajstić information content (AvgIpc) is 2.25. The summed E-state index contributed by atoms with van der Waals surface area (Å²) in [6.45, 7) is 5.95. The van der Waals surface area contributed by atoms with Gasteiger partial charge in [-0.1, -0.05) is 13.3 Å². The third kappa shape index (κ3) is 4.04. The van der Waals surface area contributed by atoms with Crippen LogP contribution in [0, 0.1) is 6.92 Å². The largest absolute Gasteiger partial charge is 0.354 e. The summed E-state index contributed by atoms with van der Waals surface area (Å²) in [6, 6.07) is 3.99. The Labute approximate surface area is 96.5 Å². The van der Waals surface area contributed by atoms with Crippen molar-refractivity contribution in [3.63, 3.8) is 0 Å². The Morgan fingerprint density at radius 2 is 2.07 bits per heavy atom. The van der Waals surface area contributed by atoms with Crippen LogP contribution in [-0.4, -0.2) is 29.2 Å². The van der Waals surface area contributed by atoms with Crippen LogP contribution in [0.2, 0.25) is 0 Å². The normalized spacial score (nSPS) is 10.3. The molecule has 1 heterocycles. The zero-order valence-electron chi connectivity index (χ0n) is 9.41. The lowest BCUT2D eigenvalue weighted by Crippen LogP contribution is -2.27.